The van der Waals surface area contributed by atoms with E-state index < -0.39 is 0 Å². The lowest BCUT2D eigenvalue weighted by Crippen LogP contribution is -2.27. The van der Waals surface area contributed by atoms with Crippen LogP contribution >= 0.6 is 0 Å². The summed E-state index contributed by atoms with van der Waals surface area (Å²) in [5, 5.41) is 2.80. The molecule has 6 heteroatoms. The number of furan rings is 1. The highest BCUT2D eigenvalue weighted by molar-refractivity contribution is 5.91. The number of hydrogen-bond donors (Lipinski definition) is 1. The lowest BCUT2D eigenvalue weighted by atomic mass is 10.0. The third-order valence-corrected chi connectivity index (χ3v) is 5.83. The van der Waals surface area contributed by atoms with E-state index in [0.717, 1.165) is 6.54 Å². The van der Waals surface area contributed by atoms with Crippen molar-refractivity contribution in [2.45, 2.75) is 46.4 Å². The summed E-state index contributed by atoms with van der Waals surface area (Å²) in [6, 6.07) is 20.6. The molecule has 4 aromatic rings. The van der Waals surface area contributed by atoms with Gasteiger partial charge in [-0.25, -0.2) is 4.98 Å². The van der Waals surface area contributed by atoms with E-state index in [2.05, 4.69) is 66.3 Å². The van der Waals surface area contributed by atoms with Gasteiger partial charge in [0, 0.05) is 12.6 Å². The molecule has 2 heterocycles. The monoisotopic (exact) mass is 443 g/mol. The minimum Gasteiger partial charge on any atom is -0.467 e. The van der Waals surface area contributed by atoms with Crippen LogP contribution in [0, 0.1) is 13.8 Å². The molecular formula is C27H29N3O3. The Morgan fingerprint density at radius 2 is 1.85 bits per heavy atom. The molecule has 4 rings (SSSR count). The Labute approximate surface area is 194 Å². The SMILES string of the molecule is Cc1ccc(CN(Cc2nc(C(=O)NCc3ccco3)co2)C(C)c2ccccc2)c(C)c1. The van der Waals surface area contributed by atoms with E-state index in [0.29, 0.717) is 24.7 Å². The number of hydrogen-bond acceptors (Lipinski definition) is 5. The van der Waals surface area contributed by atoms with Crippen molar-refractivity contribution in [2.75, 3.05) is 0 Å². The van der Waals surface area contributed by atoms with Crippen molar-refractivity contribution in [1.29, 1.82) is 0 Å². The summed E-state index contributed by atoms with van der Waals surface area (Å²) in [5.41, 5.74) is 5.23. The zero-order valence-corrected chi connectivity index (χ0v) is 19.2. The highest BCUT2D eigenvalue weighted by atomic mass is 16.3. The van der Waals surface area contributed by atoms with Crippen LogP contribution in [0.15, 0.2) is 82.0 Å². The smallest absolute Gasteiger partial charge is 0.273 e. The van der Waals surface area contributed by atoms with E-state index in [1.165, 1.54) is 28.5 Å². The summed E-state index contributed by atoms with van der Waals surface area (Å²) in [5.74, 6) is 0.896. The van der Waals surface area contributed by atoms with Crippen LogP contribution in [0.1, 0.15) is 57.4 Å². The van der Waals surface area contributed by atoms with E-state index >= 15 is 0 Å². The lowest BCUT2D eigenvalue weighted by Gasteiger charge is -2.29. The number of benzene rings is 2. The van der Waals surface area contributed by atoms with E-state index in [1.54, 1.807) is 12.3 Å². The molecule has 0 fully saturated rings. The third kappa shape index (κ3) is 5.79. The zero-order chi connectivity index (χ0) is 23.2. The average molecular weight is 444 g/mol. The third-order valence-electron chi connectivity index (χ3n) is 5.83. The zero-order valence-electron chi connectivity index (χ0n) is 19.2. The first kappa shape index (κ1) is 22.6. The summed E-state index contributed by atoms with van der Waals surface area (Å²) < 4.78 is 10.9. The van der Waals surface area contributed by atoms with Gasteiger partial charge in [-0.2, -0.15) is 0 Å². The van der Waals surface area contributed by atoms with Crippen LogP contribution in [0.25, 0.3) is 0 Å². The largest absolute Gasteiger partial charge is 0.467 e. The number of aromatic nitrogens is 1. The molecule has 0 saturated carbocycles. The number of oxazole rings is 1. The maximum atomic E-state index is 12.5. The van der Waals surface area contributed by atoms with Crippen molar-refractivity contribution in [2.24, 2.45) is 0 Å². The molecule has 0 aliphatic carbocycles. The van der Waals surface area contributed by atoms with Gasteiger partial charge in [0.25, 0.3) is 5.91 Å². The molecule has 0 aliphatic heterocycles. The molecule has 0 aliphatic rings. The van der Waals surface area contributed by atoms with Crippen molar-refractivity contribution < 1.29 is 13.6 Å². The Kier molecular flexibility index (Phi) is 7.05. The van der Waals surface area contributed by atoms with Crippen molar-refractivity contribution in [3.63, 3.8) is 0 Å². The first-order valence-corrected chi connectivity index (χ1v) is 11.1. The minimum absolute atomic E-state index is 0.134. The van der Waals surface area contributed by atoms with Crippen LogP contribution in [-0.4, -0.2) is 15.8 Å². The average Bonchev–Trinajstić information content (AvgIpc) is 3.51. The topological polar surface area (TPSA) is 71.5 Å². The van der Waals surface area contributed by atoms with Gasteiger partial charge in [-0.1, -0.05) is 54.1 Å². The molecule has 0 saturated heterocycles. The number of rotatable bonds is 9. The number of carbonyl (C=O) groups is 1. The summed E-state index contributed by atoms with van der Waals surface area (Å²) in [4.78, 5) is 19.2. The van der Waals surface area contributed by atoms with Crippen LogP contribution in [0.2, 0.25) is 0 Å². The molecule has 1 N–H and O–H groups in total. The molecule has 1 atom stereocenters. The predicted molar refractivity (Wildman–Crippen MR) is 126 cm³/mol. The normalized spacial score (nSPS) is 12.1. The molecule has 2 aromatic heterocycles. The van der Waals surface area contributed by atoms with Crippen LogP contribution in [0.3, 0.4) is 0 Å². The van der Waals surface area contributed by atoms with E-state index in [1.807, 2.05) is 24.3 Å². The first-order chi connectivity index (χ1) is 16.0. The summed E-state index contributed by atoms with van der Waals surface area (Å²) >= 11 is 0. The second kappa shape index (κ2) is 10.3. The van der Waals surface area contributed by atoms with Crippen LogP contribution < -0.4 is 5.32 Å². The highest BCUT2D eigenvalue weighted by Crippen LogP contribution is 2.25. The number of carbonyl (C=O) groups excluding carboxylic acids is 1. The number of nitrogens with zero attached hydrogens (tertiary/aromatic N) is 2. The Morgan fingerprint density at radius 3 is 2.58 bits per heavy atom. The van der Waals surface area contributed by atoms with Crippen molar-refractivity contribution >= 4 is 5.91 Å². The molecule has 170 valence electrons. The van der Waals surface area contributed by atoms with Crippen molar-refractivity contribution in [3.05, 3.63) is 113 Å². The molecule has 0 bridgehead atoms. The van der Waals surface area contributed by atoms with Gasteiger partial charge in [0.15, 0.2) is 5.69 Å². The number of amides is 1. The molecule has 0 spiro atoms. The fourth-order valence-electron chi connectivity index (χ4n) is 3.85. The van der Waals surface area contributed by atoms with Gasteiger partial charge in [0.2, 0.25) is 5.89 Å². The Bertz CT molecular complexity index is 1180. The van der Waals surface area contributed by atoms with Gasteiger partial charge in [-0.05, 0) is 49.6 Å². The minimum atomic E-state index is -0.293. The molecule has 1 amide bonds. The highest BCUT2D eigenvalue weighted by Gasteiger charge is 2.21. The predicted octanol–water partition coefficient (Wildman–Crippen LogP) is 5.58. The Balaban J connectivity index is 1.50. The summed E-state index contributed by atoms with van der Waals surface area (Å²) in [6.45, 7) is 7.95. The Morgan fingerprint density at radius 1 is 1.03 bits per heavy atom. The fraction of sp³-hybridized carbons (Fsp3) is 0.259. The van der Waals surface area contributed by atoms with Gasteiger partial charge in [-0.15, -0.1) is 0 Å². The van der Waals surface area contributed by atoms with E-state index in [4.69, 9.17) is 8.83 Å². The van der Waals surface area contributed by atoms with E-state index in [9.17, 15) is 4.79 Å². The van der Waals surface area contributed by atoms with Gasteiger partial charge in [0.05, 0.1) is 19.4 Å². The van der Waals surface area contributed by atoms with Gasteiger partial charge in [0.1, 0.15) is 12.0 Å². The van der Waals surface area contributed by atoms with Crippen molar-refractivity contribution in [1.82, 2.24) is 15.2 Å². The van der Waals surface area contributed by atoms with Crippen molar-refractivity contribution in [3.8, 4) is 0 Å². The van der Waals surface area contributed by atoms with Gasteiger partial charge in [-0.3, -0.25) is 9.69 Å². The fourth-order valence-corrected chi connectivity index (χ4v) is 3.85. The molecule has 2 aromatic carbocycles. The second-order valence-corrected chi connectivity index (χ2v) is 8.31. The number of aryl methyl sites for hydroxylation is 2. The maximum Gasteiger partial charge on any atom is 0.273 e. The second-order valence-electron chi connectivity index (χ2n) is 8.31. The van der Waals surface area contributed by atoms with Gasteiger partial charge < -0.3 is 14.2 Å². The molecule has 1 unspecified atom stereocenters. The molecular weight excluding hydrogens is 414 g/mol. The van der Waals surface area contributed by atoms with Crippen LogP contribution in [0.4, 0.5) is 0 Å². The van der Waals surface area contributed by atoms with Gasteiger partial charge >= 0.3 is 0 Å². The quantitative estimate of drug-likeness (QED) is 0.366. The standard InChI is InChI=1S/C27H29N3O3/c1-19-11-12-23(20(2)14-19)16-30(21(3)22-8-5-4-6-9-22)17-26-29-25(18-33-26)27(31)28-15-24-10-7-13-32-24/h4-14,18,21H,15-17H2,1-3H3,(H,28,31). The van der Waals surface area contributed by atoms with Crippen LogP contribution in [0.5, 0.6) is 0 Å². The van der Waals surface area contributed by atoms with Crippen LogP contribution in [-0.2, 0) is 19.6 Å². The number of nitrogens with one attached hydrogen (secondary N) is 1. The summed E-state index contributed by atoms with van der Waals surface area (Å²) in [7, 11) is 0. The Hall–Kier alpha value is -3.64. The molecule has 33 heavy (non-hydrogen) atoms. The maximum absolute atomic E-state index is 12.5. The molecule has 6 nitrogen and oxygen atoms in total. The lowest BCUT2D eigenvalue weighted by molar-refractivity contribution is 0.0943. The summed E-state index contributed by atoms with van der Waals surface area (Å²) in [6.07, 6.45) is 2.99. The first-order valence-electron chi connectivity index (χ1n) is 11.1. The van der Waals surface area contributed by atoms with E-state index in [-0.39, 0.29) is 17.6 Å². The molecule has 0 radical (unpaired) electrons.